The van der Waals surface area contributed by atoms with Gasteiger partial charge in [-0.3, -0.25) is 4.99 Å². The molecule has 2 atom stereocenters. The number of hydrogen-bond donors (Lipinski definition) is 2. The van der Waals surface area contributed by atoms with Crippen LogP contribution < -0.4 is 11.1 Å². The van der Waals surface area contributed by atoms with Crippen LogP contribution in [0.15, 0.2) is 4.99 Å². The number of hydrogen-bond acceptors (Lipinski definition) is 1. The van der Waals surface area contributed by atoms with Crippen LogP contribution in [0.1, 0.15) is 53.4 Å². The van der Waals surface area contributed by atoms with Gasteiger partial charge in [0.15, 0.2) is 5.96 Å². The number of nitrogens with zero attached hydrogens (tertiary/aromatic N) is 1. The number of nitrogens with two attached hydrogens (primary N) is 1. The molecule has 0 aromatic rings. The van der Waals surface area contributed by atoms with Gasteiger partial charge in [-0.15, -0.1) is 0 Å². The highest BCUT2D eigenvalue weighted by atomic mass is 15.1. The number of guanidine groups is 1. The maximum atomic E-state index is 5.88. The zero-order valence-electron chi connectivity index (χ0n) is 10.5. The largest absolute Gasteiger partial charge is 0.370 e. The molecule has 0 amide bonds. The van der Waals surface area contributed by atoms with E-state index in [0.29, 0.717) is 12.0 Å². The second-order valence-corrected chi connectivity index (χ2v) is 5.81. The first kappa shape index (κ1) is 12.3. The fourth-order valence-corrected chi connectivity index (χ4v) is 2.13. The molecule has 15 heavy (non-hydrogen) atoms. The van der Waals surface area contributed by atoms with Gasteiger partial charge in [-0.05, 0) is 39.5 Å². The minimum absolute atomic E-state index is 0.00780. The Kier molecular flexibility index (Phi) is 4.00. The van der Waals surface area contributed by atoms with E-state index in [-0.39, 0.29) is 5.54 Å². The van der Waals surface area contributed by atoms with Gasteiger partial charge < -0.3 is 11.1 Å². The molecule has 3 heteroatoms. The summed E-state index contributed by atoms with van der Waals surface area (Å²) >= 11 is 0. The molecular formula is C12H25N3. The van der Waals surface area contributed by atoms with Gasteiger partial charge in [0.2, 0.25) is 0 Å². The Hall–Kier alpha value is -0.730. The van der Waals surface area contributed by atoms with Gasteiger partial charge in [-0.1, -0.05) is 19.8 Å². The van der Waals surface area contributed by atoms with Crippen molar-refractivity contribution in [2.45, 2.75) is 65.0 Å². The van der Waals surface area contributed by atoms with Crippen molar-refractivity contribution >= 4 is 5.96 Å². The Bertz CT molecular complexity index is 228. The van der Waals surface area contributed by atoms with Crippen LogP contribution in [0.3, 0.4) is 0 Å². The van der Waals surface area contributed by atoms with E-state index in [0.717, 1.165) is 5.92 Å². The lowest BCUT2D eigenvalue weighted by Gasteiger charge is -2.26. The van der Waals surface area contributed by atoms with Crippen LogP contribution >= 0.6 is 0 Å². The maximum Gasteiger partial charge on any atom is 0.189 e. The van der Waals surface area contributed by atoms with Crippen molar-refractivity contribution in [1.82, 2.24) is 5.32 Å². The minimum Gasteiger partial charge on any atom is -0.370 e. The standard InChI is InChI=1S/C12H25N3/c1-9-6-5-7-10(8-9)14-11(13)15-12(2,3)4/h9-10H,5-8H2,1-4H3,(H3,13,14,15). The second-order valence-electron chi connectivity index (χ2n) is 5.81. The topological polar surface area (TPSA) is 50.4 Å². The van der Waals surface area contributed by atoms with Gasteiger partial charge in [0.05, 0.1) is 6.04 Å². The van der Waals surface area contributed by atoms with Gasteiger partial charge >= 0.3 is 0 Å². The predicted octanol–water partition coefficient (Wildman–Crippen LogP) is 2.27. The third-order valence-corrected chi connectivity index (χ3v) is 2.73. The molecule has 0 aromatic carbocycles. The van der Waals surface area contributed by atoms with E-state index in [1.807, 2.05) is 0 Å². The molecule has 0 aliphatic heterocycles. The summed E-state index contributed by atoms with van der Waals surface area (Å²) in [4.78, 5) is 4.56. The molecule has 0 heterocycles. The van der Waals surface area contributed by atoms with Gasteiger partial charge in [0.1, 0.15) is 0 Å². The van der Waals surface area contributed by atoms with E-state index in [1.165, 1.54) is 25.7 Å². The summed E-state index contributed by atoms with van der Waals surface area (Å²) in [5, 5.41) is 3.21. The van der Waals surface area contributed by atoms with E-state index in [4.69, 9.17) is 5.73 Å². The monoisotopic (exact) mass is 211 g/mol. The Balaban J connectivity index is 2.47. The fourth-order valence-electron chi connectivity index (χ4n) is 2.13. The first-order valence-electron chi connectivity index (χ1n) is 5.98. The predicted molar refractivity (Wildman–Crippen MR) is 65.9 cm³/mol. The van der Waals surface area contributed by atoms with Crippen LogP contribution in [0.2, 0.25) is 0 Å². The molecule has 1 fully saturated rings. The van der Waals surface area contributed by atoms with E-state index in [2.05, 4.69) is 38.0 Å². The van der Waals surface area contributed by atoms with Gasteiger partial charge in [-0.25, -0.2) is 0 Å². The smallest absolute Gasteiger partial charge is 0.189 e. The minimum atomic E-state index is 0.00780. The SMILES string of the molecule is CC1CCCC(N=C(N)NC(C)(C)C)C1. The van der Waals surface area contributed by atoms with Gasteiger partial charge in [0.25, 0.3) is 0 Å². The second kappa shape index (κ2) is 4.86. The van der Waals surface area contributed by atoms with Crippen LogP contribution in [0.4, 0.5) is 0 Å². The van der Waals surface area contributed by atoms with Crippen molar-refractivity contribution in [1.29, 1.82) is 0 Å². The summed E-state index contributed by atoms with van der Waals surface area (Å²) < 4.78 is 0. The molecule has 1 aliphatic rings. The van der Waals surface area contributed by atoms with Crippen molar-refractivity contribution < 1.29 is 0 Å². The maximum absolute atomic E-state index is 5.88. The number of nitrogens with one attached hydrogen (secondary N) is 1. The highest BCUT2D eigenvalue weighted by Crippen LogP contribution is 2.25. The van der Waals surface area contributed by atoms with Crippen molar-refractivity contribution in [3.8, 4) is 0 Å². The average Bonchev–Trinajstić information content (AvgIpc) is 1.99. The highest BCUT2D eigenvalue weighted by Gasteiger charge is 2.19. The molecule has 1 aliphatic carbocycles. The molecule has 0 radical (unpaired) electrons. The van der Waals surface area contributed by atoms with E-state index < -0.39 is 0 Å². The molecule has 2 unspecified atom stereocenters. The third-order valence-electron chi connectivity index (χ3n) is 2.73. The van der Waals surface area contributed by atoms with Crippen molar-refractivity contribution in [2.75, 3.05) is 0 Å². The van der Waals surface area contributed by atoms with E-state index in [9.17, 15) is 0 Å². The highest BCUT2D eigenvalue weighted by molar-refractivity contribution is 5.78. The van der Waals surface area contributed by atoms with Crippen LogP contribution in [0.25, 0.3) is 0 Å². The van der Waals surface area contributed by atoms with Gasteiger partial charge in [0, 0.05) is 5.54 Å². The first-order chi connectivity index (χ1) is 6.87. The van der Waals surface area contributed by atoms with E-state index in [1.54, 1.807) is 0 Å². The normalized spacial score (nSPS) is 28.9. The third kappa shape index (κ3) is 5.05. The van der Waals surface area contributed by atoms with Crippen molar-refractivity contribution in [2.24, 2.45) is 16.6 Å². The molecular weight excluding hydrogens is 186 g/mol. The molecule has 88 valence electrons. The first-order valence-corrected chi connectivity index (χ1v) is 5.98. The summed E-state index contributed by atoms with van der Waals surface area (Å²) in [6.45, 7) is 8.59. The Morgan fingerprint density at radius 1 is 1.33 bits per heavy atom. The average molecular weight is 211 g/mol. The Morgan fingerprint density at radius 3 is 2.53 bits per heavy atom. The Morgan fingerprint density at radius 2 is 2.00 bits per heavy atom. The molecule has 0 bridgehead atoms. The van der Waals surface area contributed by atoms with Crippen LogP contribution in [0.5, 0.6) is 0 Å². The lowest BCUT2D eigenvalue weighted by atomic mass is 9.87. The van der Waals surface area contributed by atoms with Crippen LogP contribution in [-0.4, -0.2) is 17.5 Å². The molecule has 0 saturated heterocycles. The molecule has 3 nitrogen and oxygen atoms in total. The van der Waals surface area contributed by atoms with Crippen molar-refractivity contribution in [3.05, 3.63) is 0 Å². The molecule has 1 saturated carbocycles. The van der Waals surface area contributed by atoms with Crippen LogP contribution in [-0.2, 0) is 0 Å². The molecule has 0 aromatic heterocycles. The zero-order chi connectivity index (χ0) is 11.5. The fraction of sp³-hybridized carbons (Fsp3) is 0.917. The Labute approximate surface area is 93.5 Å². The molecule has 3 N–H and O–H groups in total. The summed E-state index contributed by atoms with van der Waals surface area (Å²) in [6.07, 6.45) is 5.01. The number of aliphatic imine (C=N–C) groups is 1. The zero-order valence-corrected chi connectivity index (χ0v) is 10.5. The summed E-state index contributed by atoms with van der Waals surface area (Å²) in [5.74, 6) is 1.40. The van der Waals surface area contributed by atoms with Gasteiger partial charge in [-0.2, -0.15) is 0 Å². The summed E-state index contributed by atoms with van der Waals surface area (Å²) in [7, 11) is 0. The van der Waals surface area contributed by atoms with E-state index >= 15 is 0 Å². The lowest BCUT2D eigenvalue weighted by molar-refractivity contribution is 0.344. The quantitative estimate of drug-likeness (QED) is 0.516. The van der Waals surface area contributed by atoms with Crippen LogP contribution in [0, 0.1) is 5.92 Å². The lowest BCUT2D eigenvalue weighted by Crippen LogP contribution is -2.45. The number of rotatable bonds is 1. The summed E-state index contributed by atoms with van der Waals surface area (Å²) in [5.41, 5.74) is 5.88. The van der Waals surface area contributed by atoms with Crippen molar-refractivity contribution in [3.63, 3.8) is 0 Å². The molecule has 1 rings (SSSR count). The molecule has 0 spiro atoms. The summed E-state index contributed by atoms with van der Waals surface area (Å²) in [6, 6.07) is 0.434.